The van der Waals surface area contributed by atoms with E-state index in [0.29, 0.717) is 33.9 Å². The van der Waals surface area contributed by atoms with Crippen molar-refractivity contribution < 1.29 is 14.0 Å². The summed E-state index contributed by atoms with van der Waals surface area (Å²) >= 11 is 1.63. The fraction of sp³-hybridized carbons (Fsp3) is 0.0938. The summed E-state index contributed by atoms with van der Waals surface area (Å²) in [5.74, 6) is 0.0613. The molecule has 6 heteroatoms. The number of hydrogen-bond donors (Lipinski definition) is 0. The Bertz CT molecular complexity index is 1920. The van der Waals surface area contributed by atoms with Crippen molar-refractivity contribution >= 4 is 50.3 Å². The van der Waals surface area contributed by atoms with Crippen molar-refractivity contribution in [3.05, 3.63) is 112 Å². The van der Waals surface area contributed by atoms with Crippen LogP contribution in [0.25, 0.3) is 43.8 Å². The standard InChI is InChI=1S/C32H22N2O3S/c1-3-19-14-24-23(13-18(19)2)29(35)25(30(24)36)16-22-17-26-31(34(22)21-10-5-4-6-11-21)33-32(37-26)28-15-20-9-7-8-12-27(20)38-28/h4-17H,3H2,1-2H3/b25-16+. The van der Waals surface area contributed by atoms with Gasteiger partial charge in [0.1, 0.15) is 0 Å². The predicted molar refractivity (Wildman–Crippen MR) is 151 cm³/mol. The molecule has 0 N–H and O–H groups in total. The van der Waals surface area contributed by atoms with E-state index in [2.05, 4.69) is 25.1 Å². The molecule has 0 unspecified atom stereocenters. The first-order valence-corrected chi connectivity index (χ1v) is 13.3. The van der Waals surface area contributed by atoms with Crippen molar-refractivity contribution in [2.24, 2.45) is 0 Å². The summed E-state index contributed by atoms with van der Waals surface area (Å²) in [5, 5.41) is 1.14. The predicted octanol–water partition coefficient (Wildman–Crippen LogP) is 7.83. The quantitative estimate of drug-likeness (QED) is 0.178. The Balaban J connectivity index is 1.39. The van der Waals surface area contributed by atoms with Gasteiger partial charge in [-0.2, -0.15) is 4.98 Å². The number of ketones is 2. The summed E-state index contributed by atoms with van der Waals surface area (Å²) in [6.45, 7) is 4.03. The van der Waals surface area contributed by atoms with E-state index in [0.717, 1.165) is 33.5 Å². The number of Topliss-reactive ketones (excluding diaryl/α,β-unsaturated/α-hetero) is 2. The van der Waals surface area contributed by atoms with Crippen molar-refractivity contribution in [3.63, 3.8) is 0 Å². The number of benzene rings is 3. The fourth-order valence-electron chi connectivity index (χ4n) is 5.23. The Kier molecular flexibility index (Phi) is 5.06. The molecule has 0 fully saturated rings. The van der Waals surface area contributed by atoms with E-state index in [1.807, 2.05) is 72.2 Å². The zero-order chi connectivity index (χ0) is 26.0. The highest BCUT2D eigenvalue weighted by Crippen LogP contribution is 2.37. The molecule has 5 nitrogen and oxygen atoms in total. The van der Waals surface area contributed by atoms with Crippen molar-refractivity contribution in [3.8, 4) is 16.5 Å². The minimum Gasteiger partial charge on any atom is -0.434 e. The molecule has 0 atom stereocenters. The van der Waals surface area contributed by atoms with Crippen LogP contribution in [0, 0.1) is 6.92 Å². The SMILES string of the molecule is CCc1cc2c(cc1C)C(=O)/C(=C\c1cc3oc(-c4cc5ccccc5s4)nc3n1-c1ccccc1)C2=O. The first kappa shape index (κ1) is 22.6. The summed E-state index contributed by atoms with van der Waals surface area (Å²) in [4.78, 5) is 32.5. The van der Waals surface area contributed by atoms with Gasteiger partial charge < -0.3 is 4.42 Å². The number of nitrogens with zero attached hydrogens (tertiary/aromatic N) is 2. The molecule has 3 aromatic carbocycles. The molecule has 0 spiro atoms. The van der Waals surface area contributed by atoms with Gasteiger partial charge in [-0.25, -0.2) is 0 Å². The number of para-hydroxylation sites is 1. The van der Waals surface area contributed by atoms with Crippen LogP contribution in [-0.4, -0.2) is 21.1 Å². The Hall–Kier alpha value is -4.55. The number of rotatable bonds is 4. The summed E-state index contributed by atoms with van der Waals surface area (Å²) in [6, 6.07) is 25.6. The molecule has 1 aliphatic carbocycles. The maximum Gasteiger partial charge on any atom is 0.239 e. The van der Waals surface area contributed by atoms with Crippen LogP contribution < -0.4 is 0 Å². The third kappa shape index (κ3) is 3.41. The molecule has 6 aromatic rings. The summed E-state index contributed by atoms with van der Waals surface area (Å²) in [7, 11) is 0. The second kappa shape index (κ2) is 8.50. The summed E-state index contributed by atoms with van der Waals surface area (Å²) < 4.78 is 9.34. The van der Waals surface area contributed by atoms with E-state index in [1.165, 1.54) is 4.70 Å². The van der Waals surface area contributed by atoms with Gasteiger partial charge in [-0.1, -0.05) is 43.3 Å². The van der Waals surface area contributed by atoms with Gasteiger partial charge in [0, 0.05) is 27.6 Å². The monoisotopic (exact) mass is 514 g/mol. The molecule has 0 bridgehead atoms. The molecule has 0 amide bonds. The van der Waals surface area contributed by atoms with Gasteiger partial charge >= 0.3 is 0 Å². The number of thiophene rings is 1. The number of aryl methyl sites for hydroxylation is 2. The van der Waals surface area contributed by atoms with Crippen LogP contribution in [0.2, 0.25) is 0 Å². The zero-order valence-electron chi connectivity index (χ0n) is 20.8. The van der Waals surface area contributed by atoms with Crippen LogP contribution in [0.3, 0.4) is 0 Å². The second-order valence-electron chi connectivity index (χ2n) is 9.49. The van der Waals surface area contributed by atoms with Crippen LogP contribution in [-0.2, 0) is 6.42 Å². The Labute approximate surface area is 222 Å². The Morgan fingerprint density at radius 3 is 2.42 bits per heavy atom. The van der Waals surface area contributed by atoms with Crippen LogP contribution >= 0.6 is 11.3 Å². The summed E-state index contributed by atoms with van der Waals surface area (Å²) in [5.41, 5.74) is 5.98. The largest absolute Gasteiger partial charge is 0.434 e. The third-order valence-corrected chi connectivity index (χ3v) is 8.27. The Morgan fingerprint density at radius 2 is 1.66 bits per heavy atom. The maximum absolute atomic E-state index is 13.4. The zero-order valence-corrected chi connectivity index (χ0v) is 21.6. The first-order chi connectivity index (χ1) is 18.5. The van der Waals surface area contributed by atoms with E-state index in [1.54, 1.807) is 17.4 Å². The van der Waals surface area contributed by atoms with E-state index < -0.39 is 0 Å². The number of carbonyl (C=O) groups is 2. The van der Waals surface area contributed by atoms with E-state index in [9.17, 15) is 9.59 Å². The lowest BCUT2D eigenvalue weighted by Crippen LogP contribution is -2.03. The molecular formula is C32H22N2O3S. The number of allylic oxidation sites excluding steroid dienone is 1. The Morgan fingerprint density at radius 1 is 0.921 bits per heavy atom. The van der Waals surface area contributed by atoms with Crippen LogP contribution in [0.5, 0.6) is 0 Å². The topological polar surface area (TPSA) is 65.1 Å². The number of carbonyl (C=O) groups excluding carboxylic acids is 2. The molecule has 3 heterocycles. The molecule has 184 valence electrons. The molecule has 3 aromatic heterocycles. The number of aromatic nitrogens is 2. The molecule has 38 heavy (non-hydrogen) atoms. The average Bonchev–Trinajstić information content (AvgIpc) is 3.67. The first-order valence-electron chi connectivity index (χ1n) is 12.5. The lowest BCUT2D eigenvalue weighted by atomic mass is 9.99. The normalized spacial score (nSPS) is 14.3. The van der Waals surface area contributed by atoms with E-state index >= 15 is 0 Å². The van der Waals surface area contributed by atoms with Gasteiger partial charge in [-0.3, -0.25) is 14.2 Å². The minimum absolute atomic E-state index is 0.162. The molecule has 1 aliphatic rings. The van der Waals surface area contributed by atoms with Gasteiger partial charge in [0.2, 0.25) is 5.89 Å². The van der Waals surface area contributed by atoms with Crippen molar-refractivity contribution in [1.82, 2.24) is 9.55 Å². The van der Waals surface area contributed by atoms with Crippen LogP contribution in [0.1, 0.15) is 44.5 Å². The number of hydrogen-bond acceptors (Lipinski definition) is 5. The van der Waals surface area contributed by atoms with Crippen molar-refractivity contribution in [2.45, 2.75) is 20.3 Å². The maximum atomic E-state index is 13.4. The number of oxazole rings is 1. The van der Waals surface area contributed by atoms with E-state index in [-0.39, 0.29) is 17.1 Å². The highest BCUT2D eigenvalue weighted by atomic mass is 32.1. The number of fused-ring (bicyclic) bond motifs is 3. The van der Waals surface area contributed by atoms with Gasteiger partial charge in [0.05, 0.1) is 16.1 Å². The van der Waals surface area contributed by atoms with E-state index in [4.69, 9.17) is 9.40 Å². The molecule has 0 saturated carbocycles. The second-order valence-corrected chi connectivity index (χ2v) is 10.6. The molecular weight excluding hydrogens is 492 g/mol. The lowest BCUT2D eigenvalue weighted by Gasteiger charge is -2.07. The van der Waals surface area contributed by atoms with Gasteiger partial charge in [-0.15, -0.1) is 11.3 Å². The molecule has 0 aliphatic heterocycles. The summed E-state index contributed by atoms with van der Waals surface area (Å²) in [6.07, 6.45) is 2.48. The van der Waals surface area contributed by atoms with Gasteiger partial charge in [0.25, 0.3) is 0 Å². The third-order valence-electron chi connectivity index (χ3n) is 7.16. The van der Waals surface area contributed by atoms with Crippen molar-refractivity contribution in [2.75, 3.05) is 0 Å². The lowest BCUT2D eigenvalue weighted by molar-refractivity contribution is 0.0990. The highest BCUT2D eigenvalue weighted by Gasteiger charge is 2.34. The van der Waals surface area contributed by atoms with Gasteiger partial charge in [-0.05, 0) is 72.3 Å². The molecule has 0 radical (unpaired) electrons. The smallest absolute Gasteiger partial charge is 0.239 e. The minimum atomic E-state index is -0.243. The van der Waals surface area contributed by atoms with Crippen LogP contribution in [0.4, 0.5) is 0 Å². The fourth-order valence-corrected chi connectivity index (χ4v) is 6.22. The molecule has 7 rings (SSSR count). The van der Waals surface area contributed by atoms with Crippen LogP contribution in [0.15, 0.2) is 88.9 Å². The highest BCUT2D eigenvalue weighted by molar-refractivity contribution is 7.22. The van der Waals surface area contributed by atoms with Crippen molar-refractivity contribution in [1.29, 1.82) is 0 Å². The average molecular weight is 515 g/mol. The van der Waals surface area contributed by atoms with Gasteiger partial charge in [0.15, 0.2) is 22.8 Å². The molecule has 0 saturated heterocycles.